The van der Waals surface area contributed by atoms with E-state index in [0.29, 0.717) is 0 Å². The fourth-order valence-corrected chi connectivity index (χ4v) is 2.27. The predicted octanol–water partition coefficient (Wildman–Crippen LogP) is 0.0356. The highest BCUT2D eigenvalue weighted by Crippen LogP contribution is 2.24. The fraction of sp³-hybridized carbons (Fsp3) is 0.800. The molecule has 0 unspecified atom stereocenters. The summed E-state index contributed by atoms with van der Waals surface area (Å²) in [4.78, 5) is 22.8. The quantitative estimate of drug-likeness (QED) is 0.574. The van der Waals surface area contributed by atoms with Gasteiger partial charge in [-0.15, -0.1) is 0 Å². The summed E-state index contributed by atoms with van der Waals surface area (Å²) in [5.41, 5.74) is 0. The van der Waals surface area contributed by atoms with Crippen LogP contribution in [0.1, 0.15) is 26.7 Å². The SMILES string of the molecule is C[C@@H]1C[C@H]2NC(=O)[C@H](C)C[C@H]2NC1=O. The van der Waals surface area contributed by atoms with Gasteiger partial charge < -0.3 is 10.6 Å². The molecule has 4 atom stereocenters. The number of nitrogens with one attached hydrogen (secondary N) is 2. The van der Waals surface area contributed by atoms with Crippen LogP contribution in [0.4, 0.5) is 0 Å². The van der Waals surface area contributed by atoms with Gasteiger partial charge in [-0.1, -0.05) is 13.8 Å². The molecule has 0 radical (unpaired) electrons. The Bertz CT molecular complexity index is 249. The van der Waals surface area contributed by atoms with Crippen LogP contribution in [-0.4, -0.2) is 23.9 Å². The number of amides is 2. The van der Waals surface area contributed by atoms with Crippen LogP contribution in [0, 0.1) is 11.8 Å². The Morgan fingerprint density at radius 1 is 0.929 bits per heavy atom. The number of hydrogen-bond acceptors (Lipinski definition) is 2. The van der Waals surface area contributed by atoms with Crippen molar-refractivity contribution in [2.45, 2.75) is 38.8 Å². The van der Waals surface area contributed by atoms with Crippen LogP contribution in [-0.2, 0) is 9.59 Å². The monoisotopic (exact) mass is 196 g/mol. The average Bonchev–Trinajstić information content (AvgIpc) is 2.11. The summed E-state index contributed by atoms with van der Waals surface area (Å²) in [6.07, 6.45) is 1.55. The lowest BCUT2D eigenvalue weighted by molar-refractivity contribution is -0.135. The average molecular weight is 196 g/mol. The highest BCUT2D eigenvalue weighted by molar-refractivity contribution is 5.83. The second-order valence-electron chi connectivity index (χ2n) is 4.50. The van der Waals surface area contributed by atoms with E-state index >= 15 is 0 Å². The second kappa shape index (κ2) is 3.26. The van der Waals surface area contributed by atoms with E-state index in [2.05, 4.69) is 10.6 Å². The van der Waals surface area contributed by atoms with Gasteiger partial charge in [0.25, 0.3) is 0 Å². The molecule has 2 heterocycles. The number of carbonyl (C=O) groups excluding carboxylic acids is 2. The van der Waals surface area contributed by atoms with Crippen LogP contribution in [0.25, 0.3) is 0 Å². The maximum atomic E-state index is 11.4. The van der Waals surface area contributed by atoms with Gasteiger partial charge in [-0.05, 0) is 12.8 Å². The summed E-state index contributed by atoms with van der Waals surface area (Å²) in [6.45, 7) is 3.80. The zero-order valence-corrected chi connectivity index (χ0v) is 8.54. The van der Waals surface area contributed by atoms with Gasteiger partial charge in [-0.2, -0.15) is 0 Å². The summed E-state index contributed by atoms with van der Waals surface area (Å²) in [7, 11) is 0. The van der Waals surface area contributed by atoms with Crippen LogP contribution in [0.5, 0.6) is 0 Å². The summed E-state index contributed by atoms with van der Waals surface area (Å²) in [5, 5.41) is 5.93. The molecular weight excluding hydrogens is 180 g/mol. The van der Waals surface area contributed by atoms with Gasteiger partial charge in [0.2, 0.25) is 11.8 Å². The second-order valence-corrected chi connectivity index (χ2v) is 4.50. The third kappa shape index (κ3) is 1.49. The van der Waals surface area contributed by atoms with Gasteiger partial charge in [0, 0.05) is 23.9 Å². The first kappa shape index (κ1) is 9.49. The summed E-state index contributed by atoms with van der Waals surface area (Å²) in [5.74, 6) is 0.277. The molecule has 0 spiro atoms. The number of piperidine rings is 2. The van der Waals surface area contributed by atoms with Gasteiger partial charge in [-0.3, -0.25) is 9.59 Å². The minimum absolute atomic E-state index is 0.0185. The first-order valence-electron chi connectivity index (χ1n) is 5.18. The smallest absolute Gasteiger partial charge is 0.223 e. The molecule has 2 N–H and O–H groups in total. The van der Waals surface area contributed by atoms with Crippen molar-refractivity contribution in [3.63, 3.8) is 0 Å². The van der Waals surface area contributed by atoms with Gasteiger partial charge in [-0.25, -0.2) is 0 Å². The van der Waals surface area contributed by atoms with E-state index in [1.54, 1.807) is 0 Å². The molecule has 0 aromatic carbocycles. The Kier molecular flexibility index (Phi) is 2.21. The van der Waals surface area contributed by atoms with Crippen molar-refractivity contribution in [1.82, 2.24) is 10.6 Å². The normalized spacial score (nSPS) is 42.4. The van der Waals surface area contributed by atoms with Crippen molar-refractivity contribution in [1.29, 1.82) is 0 Å². The minimum Gasteiger partial charge on any atom is -0.351 e. The van der Waals surface area contributed by atoms with Crippen LogP contribution in [0.2, 0.25) is 0 Å². The van der Waals surface area contributed by atoms with E-state index in [0.717, 1.165) is 12.8 Å². The molecule has 0 saturated carbocycles. The third-order valence-corrected chi connectivity index (χ3v) is 3.25. The van der Waals surface area contributed by atoms with Gasteiger partial charge in [0.05, 0.1) is 0 Å². The first-order chi connectivity index (χ1) is 6.58. The van der Waals surface area contributed by atoms with Crippen LogP contribution in [0.3, 0.4) is 0 Å². The standard InChI is InChI=1S/C10H16N2O2/c1-5-3-7-8(11-9(5)13)4-6(2)10(14)12-7/h5-8H,3-4H2,1-2H3,(H,11,13)(H,12,14)/t5-,6-,7-,8-/m1/s1. The van der Waals surface area contributed by atoms with Crippen LogP contribution in [0.15, 0.2) is 0 Å². The van der Waals surface area contributed by atoms with E-state index in [9.17, 15) is 9.59 Å². The lowest BCUT2D eigenvalue weighted by Gasteiger charge is -2.40. The lowest BCUT2D eigenvalue weighted by atomic mass is 9.82. The summed E-state index contributed by atoms with van der Waals surface area (Å²) in [6, 6.07) is 0.290. The van der Waals surface area contributed by atoms with Crippen molar-refractivity contribution in [2.75, 3.05) is 0 Å². The molecule has 0 bridgehead atoms. The molecule has 78 valence electrons. The van der Waals surface area contributed by atoms with Gasteiger partial charge >= 0.3 is 0 Å². The van der Waals surface area contributed by atoms with E-state index in [1.165, 1.54) is 0 Å². The first-order valence-corrected chi connectivity index (χ1v) is 5.18. The largest absolute Gasteiger partial charge is 0.351 e. The van der Waals surface area contributed by atoms with Crippen LogP contribution >= 0.6 is 0 Å². The van der Waals surface area contributed by atoms with Crippen molar-refractivity contribution in [2.24, 2.45) is 11.8 Å². The van der Waals surface area contributed by atoms with E-state index in [-0.39, 0.29) is 35.7 Å². The van der Waals surface area contributed by atoms with Gasteiger partial charge in [0.15, 0.2) is 0 Å². The molecule has 0 aromatic heterocycles. The molecule has 2 aliphatic heterocycles. The maximum Gasteiger partial charge on any atom is 0.223 e. The Hall–Kier alpha value is -1.06. The molecule has 0 aromatic rings. The third-order valence-electron chi connectivity index (χ3n) is 3.25. The molecule has 4 heteroatoms. The van der Waals surface area contributed by atoms with Crippen molar-refractivity contribution < 1.29 is 9.59 Å². The molecule has 14 heavy (non-hydrogen) atoms. The van der Waals surface area contributed by atoms with E-state index in [1.807, 2.05) is 13.8 Å². The molecule has 2 fully saturated rings. The highest BCUT2D eigenvalue weighted by Gasteiger charge is 2.39. The number of hydrogen-bond donors (Lipinski definition) is 2. The zero-order valence-electron chi connectivity index (χ0n) is 8.54. The number of fused-ring (bicyclic) bond motifs is 1. The summed E-state index contributed by atoms with van der Waals surface area (Å²) >= 11 is 0. The fourth-order valence-electron chi connectivity index (χ4n) is 2.27. The molecular formula is C10H16N2O2. The Labute approximate surface area is 83.4 Å². The van der Waals surface area contributed by atoms with Crippen molar-refractivity contribution in [3.05, 3.63) is 0 Å². The molecule has 2 saturated heterocycles. The minimum atomic E-state index is 0.0185. The molecule has 2 rings (SSSR count). The predicted molar refractivity (Wildman–Crippen MR) is 51.4 cm³/mol. The van der Waals surface area contributed by atoms with Crippen molar-refractivity contribution in [3.8, 4) is 0 Å². The topological polar surface area (TPSA) is 58.2 Å². The Morgan fingerprint density at radius 3 is 1.64 bits per heavy atom. The Balaban J connectivity index is 2.09. The zero-order chi connectivity index (χ0) is 10.3. The van der Waals surface area contributed by atoms with Gasteiger partial charge in [0.1, 0.15) is 0 Å². The van der Waals surface area contributed by atoms with E-state index < -0.39 is 0 Å². The molecule has 2 amide bonds. The van der Waals surface area contributed by atoms with Crippen LogP contribution < -0.4 is 10.6 Å². The number of rotatable bonds is 0. The summed E-state index contributed by atoms with van der Waals surface area (Å²) < 4.78 is 0. The molecule has 4 nitrogen and oxygen atoms in total. The lowest BCUT2D eigenvalue weighted by Crippen LogP contribution is -2.62. The number of carbonyl (C=O) groups is 2. The maximum absolute atomic E-state index is 11.4. The molecule has 2 aliphatic rings. The van der Waals surface area contributed by atoms with Crippen molar-refractivity contribution >= 4 is 11.8 Å². The van der Waals surface area contributed by atoms with E-state index in [4.69, 9.17) is 0 Å². The highest BCUT2D eigenvalue weighted by atomic mass is 16.2. The Morgan fingerprint density at radius 2 is 1.29 bits per heavy atom. The molecule has 0 aliphatic carbocycles.